The van der Waals surface area contributed by atoms with E-state index in [0.717, 1.165) is 38.2 Å². The summed E-state index contributed by atoms with van der Waals surface area (Å²) in [5.41, 5.74) is 6.40. The van der Waals surface area contributed by atoms with Crippen LogP contribution in [0.1, 0.15) is 28.7 Å². The molecule has 0 saturated heterocycles. The van der Waals surface area contributed by atoms with Gasteiger partial charge in [0.15, 0.2) is 11.6 Å². The summed E-state index contributed by atoms with van der Waals surface area (Å²) in [6.45, 7) is 3.26. The topological polar surface area (TPSA) is 128 Å². The summed E-state index contributed by atoms with van der Waals surface area (Å²) in [4.78, 5) is 15.7. The summed E-state index contributed by atoms with van der Waals surface area (Å²) in [5.74, 6) is 1.44. The molecule has 196 valence electrons. The highest BCUT2D eigenvalue weighted by atomic mass is 32.2. The molecular weight excluding hydrogens is 500 g/mol. The van der Waals surface area contributed by atoms with Gasteiger partial charge in [-0.2, -0.15) is 14.6 Å². The molecule has 0 atom stereocenters. The van der Waals surface area contributed by atoms with E-state index in [4.69, 9.17) is 4.74 Å². The van der Waals surface area contributed by atoms with E-state index < -0.39 is 9.73 Å². The quantitative estimate of drug-likeness (QED) is 0.477. The number of hydrogen-bond donors (Lipinski definition) is 2. The second-order valence-corrected chi connectivity index (χ2v) is 12.2. The maximum atomic E-state index is 12.1. The highest BCUT2D eigenvalue weighted by Gasteiger charge is 2.21. The fourth-order valence-corrected chi connectivity index (χ4v) is 5.16. The number of nitriles is 1. The lowest BCUT2D eigenvalue weighted by Gasteiger charge is -2.29. The number of pyridine rings is 1. The first-order valence-electron chi connectivity index (χ1n) is 12.3. The number of aromatic nitrogens is 3. The molecule has 2 aliphatic heterocycles. The van der Waals surface area contributed by atoms with Crippen LogP contribution in [0.25, 0.3) is 5.57 Å². The van der Waals surface area contributed by atoms with Gasteiger partial charge in [0, 0.05) is 41.0 Å². The predicted molar refractivity (Wildman–Crippen MR) is 150 cm³/mol. The Morgan fingerprint density at radius 1 is 1.18 bits per heavy atom. The van der Waals surface area contributed by atoms with E-state index in [9.17, 15) is 9.47 Å². The summed E-state index contributed by atoms with van der Waals surface area (Å²) in [5, 5.41) is 16.1. The zero-order valence-electron chi connectivity index (χ0n) is 21.7. The number of benzene rings is 1. The van der Waals surface area contributed by atoms with Gasteiger partial charge in [-0.3, -0.25) is 0 Å². The monoisotopic (exact) mass is 530 g/mol. The van der Waals surface area contributed by atoms with Gasteiger partial charge in [0.25, 0.3) is 0 Å². The van der Waals surface area contributed by atoms with Crippen molar-refractivity contribution in [2.45, 2.75) is 19.4 Å². The van der Waals surface area contributed by atoms with E-state index in [-0.39, 0.29) is 5.56 Å². The Morgan fingerprint density at radius 2 is 2.05 bits per heavy atom. The van der Waals surface area contributed by atoms with E-state index in [1.54, 1.807) is 30.7 Å². The largest absolute Gasteiger partial charge is 0.377 e. The van der Waals surface area contributed by atoms with E-state index in [1.165, 1.54) is 28.5 Å². The van der Waals surface area contributed by atoms with Crippen molar-refractivity contribution in [1.29, 1.82) is 5.26 Å². The van der Waals surface area contributed by atoms with Crippen molar-refractivity contribution < 1.29 is 8.95 Å². The van der Waals surface area contributed by atoms with Gasteiger partial charge >= 0.3 is 0 Å². The lowest BCUT2D eigenvalue weighted by atomic mass is 9.88. The summed E-state index contributed by atoms with van der Waals surface area (Å²) in [7, 11) is -0.227. The van der Waals surface area contributed by atoms with Crippen LogP contribution in [0, 0.1) is 11.3 Å². The molecule has 10 nitrogen and oxygen atoms in total. The lowest BCUT2D eigenvalue weighted by molar-refractivity contribution is 0.161. The van der Waals surface area contributed by atoms with Crippen molar-refractivity contribution in [1.82, 2.24) is 19.9 Å². The number of nitrogens with zero attached hydrogens (tertiary/aromatic N) is 6. The summed E-state index contributed by atoms with van der Waals surface area (Å²) in [6.07, 6.45) is 8.64. The van der Waals surface area contributed by atoms with Crippen LogP contribution in [-0.2, 0) is 27.4 Å². The van der Waals surface area contributed by atoms with Gasteiger partial charge in [-0.15, -0.1) is 0 Å². The highest BCUT2D eigenvalue weighted by molar-refractivity contribution is 7.92. The molecule has 11 heteroatoms. The SMILES string of the molecule is CN1CCc2c(cc(Nc3ncc(C#N)c(Nc4cccc(N=S(C)(C)=O)n4)n3)cc2C2=CCOCC2)C1. The van der Waals surface area contributed by atoms with E-state index >= 15 is 0 Å². The molecule has 38 heavy (non-hydrogen) atoms. The second kappa shape index (κ2) is 10.9. The molecule has 2 aromatic heterocycles. The van der Waals surface area contributed by atoms with Gasteiger partial charge in [-0.1, -0.05) is 12.1 Å². The van der Waals surface area contributed by atoms with Gasteiger partial charge in [0.05, 0.1) is 19.4 Å². The van der Waals surface area contributed by atoms with E-state index in [2.05, 4.69) is 66.2 Å². The maximum absolute atomic E-state index is 12.1. The van der Waals surface area contributed by atoms with Crippen LogP contribution in [0.4, 0.5) is 29.1 Å². The molecular formula is C27H30N8O2S. The van der Waals surface area contributed by atoms with Crippen molar-refractivity contribution >= 4 is 44.4 Å². The molecule has 3 aromatic rings. The summed E-state index contributed by atoms with van der Waals surface area (Å²) in [6, 6.07) is 11.6. The first kappa shape index (κ1) is 25.8. The van der Waals surface area contributed by atoms with Gasteiger partial charge in [0.2, 0.25) is 5.95 Å². The Hall–Kier alpha value is -3.85. The number of rotatable bonds is 6. The third-order valence-corrected chi connectivity index (χ3v) is 6.92. The molecule has 0 bridgehead atoms. The predicted octanol–water partition coefficient (Wildman–Crippen LogP) is 4.38. The first-order chi connectivity index (χ1) is 18.3. The fourth-order valence-electron chi connectivity index (χ4n) is 4.61. The Morgan fingerprint density at radius 3 is 2.82 bits per heavy atom. The maximum Gasteiger partial charge on any atom is 0.229 e. The van der Waals surface area contributed by atoms with Crippen molar-refractivity contribution in [2.75, 3.05) is 50.0 Å². The van der Waals surface area contributed by atoms with Crippen LogP contribution in [0.2, 0.25) is 0 Å². The Labute approximate surface area is 223 Å². The number of nitrogens with one attached hydrogen (secondary N) is 2. The molecule has 0 fully saturated rings. The molecule has 0 aliphatic carbocycles. The number of hydrogen-bond acceptors (Lipinski definition) is 10. The number of fused-ring (bicyclic) bond motifs is 1. The Kier molecular flexibility index (Phi) is 7.37. The molecule has 2 N–H and O–H groups in total. The molecule has 4 heterocycles. The van der Waals surface area contributed by atoms with E-state index in [0.29, 0.717) is 30.0 Å². The minimum Gasteiger partial charge on any atom is -0.377 e. The van der Waals surface area contributed by atoms with E-state index in [1.807, 2.05) is 0 Å². The molecule has 5 rings (SSSR count). The van der Waals surface area contributed by atoms with Crippen LogP contribution in [0.3, 0.4) is 0 Å². The van der Waals surface area contributed by atoms with Crippen LogP contribution in [0.5, 0.6) is 0 Å². The third-order valence-electron chi connectivity index (χ3n) is 6.29. The van der Waals surface area contributed by atoms with Gasteiger partial charge in [-0.05, 0) is 66.4 Å². The number of anilines is 4. The van der Waals surface area contributed by atoms with Crippen LogP contribution < -0.4 is 10.6 Å². The Balaban J connectivity index is 1.47. The fraction of sp³-hybridized carbons (Fsp3) is 0.333. The van der Waals surface area contributed by atoms with Gasteiger partial charge in [-0.25, -0.2) is 14.2 Å². The minimum absolute atomic E-state index is 0.273. The first-order valence-corrected chi connectivity index (χ1v) is 14.7. The van der Waals surface area contributed by atoms with Gasteiger partial charge in [0.1, 0.15) is 17.5 Å². The van der Waals surface area contributed by atoms with Gasteiger partial charge < -0.3 is 20.3 Å². The third kappa shape index (κ3) is 6.16. The second-order valence-electron chi connectivity index (χ2n) is 9.67. The number of likely N-dealkylation sites (N-methyl/N-ethyl adjacent to an activating group) is 1. The molecule has 0 unspecified atom stereocenters. The summed E-state index contributed by atoms with van der Waals surface area (Å²) >= 11 is 0. The minimum atomic E-state index is -2.36. The smallest absolute Gasteiger partial charge is 0.229 e. The summed E-state index contributed by atoms with van der Waals surface area (Å²) < 4.78 is 21.8. The standard InChI is InChI=1S/C27H30N8O2S/c1-35-10-7-22-19(17-35)13-21(14-23(22)18-8-11-37-12-9-18)30-27-29-16-20(15-28)26(33-27)32-24-5-4-6-25(31-24)34-38(2,3)36/h4-6,8,13-14,16H,7,9-12,17H2,1-3H3,(H2,29,30,31,32,33). The Bertz CT molecular complexity index is 1560. The van der Waals surface area contributed by atoms with Crippen LogP contribution in [0.15, 0.2) is 47.0 Å². The van der Waals surface area contributed by atoms with Crippen molar-refractivity contribution in [2.24, 2.45) is 4.36 Å². The average Bonchev–Trinajstić information content (AvgIpc) is 2.88. The van der Waals surface area contributed by atoms with Crippen molar-refractivity contribution in [3.05, 3.63) is 64.9 Å². The highest BCUT2D eigenvalue weighted by Crippen LogP contribution is 2.34. The normalized spacial score (nSPS) is 15.7. The van der Waals surface area contributed by atoms with Crippen molar-refractivity contribution in [3.8, 4) is 6.07 Å². The van der Waals surface area contributed by atoms with Crippen LogP contribution in [-0.4, -0.2) is 63.4 Å². The van der Waals surface area contributed by atoms with Crippen LogP contribution >= 0.6 is 0 Å². The van der Waals surface area contributed by atoms with Crippen molar-refractivity contribution in [3.63, 3.8) is 0 Å². The molecule has 1 aromatic carbocycles. The molecule has 0 saturated carbocycles. The molecule has 0 spiro atoms. The zero-order valence-corrected chi connectivity index (χ0v) is 22.5. The molecule has 0 radical (unpaired) electrons. The zero-order chi connectivity index (χ0) is 26.7. The number of ether oxygens (including phenoxy) is 1. The lowest BCUT2D eigenvalue weighted by Crippen LogP contribution is -2.27. The molecule has 0 amide bonds. The molecule has 2 aliphatic rings. The average molecular weight is 531 g/mol.